The Morgan fingerprint density at radius 3 is 2.28 bits per heavy atom. The van der Waals surface area contributed by atoms with E-state index in [4.69, 9.17) is 0 Å². The third-order valence-electron chi connectivity index (χ3n) is 8.22. The molecule has 0 spiro atoms. The minimum atomic E-state index is 0.412. The molecule has 0 radical (unpaired) electrons. The van der Waals surface area contributed by atoms with E-state index in [1.807, 2.05) is 0 Å². The Bertz CT molecular complexity index is 761. The fraction of sp³-hybridized carbons (Fsp3) is 0.724. The first-order valence-electron chi connectivity index (χ1n) is 13.5. The van der Waals surface area contributed by atoms with Crippen molar-refractivity contribution in [1.29, 1.82) is 0 Å². The van der Waals surface area contributed by atoms with Gasteiger partial charge in [0.25, 0.3) is 0 Å². The van der Waals surface area contributed by atoms with Crippen LogP contribution in [0.1, 0.15) is 84.6 Å². The summed E-state index contributed by atoms with van der Waals surface area (Å²) in [5.41, 5.74) is 6.48. The highest BCUT2D eigenvalue weighted by Crippen LogP contribution is 2.42. The van der Waals surface area contributed by atoms with Gasteiger partial charge in [0, 0.05) is 56.2 Å². The molecule has 0 amide bonds. The number of unbranched alkanes of at least 4 members (excludes halogenated alkanes) is 1. The molecule has 2 saturated heterocycles. The molecule has 0 N–H and O–H groups in total. The monoisotopic (exact) mass is 437 g/mol. The lowest BCUT2D eigenvalue weighted by atomic mass is 9.72. The molecule has 3 nitrogen and oxygen atoms in total. The van der Waals surface area contributed by atoms with Gasteiger partial charge in [0.05, 0.1) is 0 Å². The van der Waals surface area contributed by atoms with Gasteiger partial charge in [0.2, 0.25) is 0 Å². The van der Waals surface area contributed by atoms with Crippen LogP contribution in [0.25, 0.3) is 5.57 Å². The highest BCUT2D eigenvalue weighted by molar-refractivity contribution is 5.80. The molecule has 0 bridgehead atoms. The van der Waals surface area contributed by atoms with Crippen molar-refractivity contribution in [1.82, 2.24) is 4.90 Å². The summed E-state index contributed by atoms with van der Waals surface area (Å²) in [7, 11) is 0. The number of hydrogen-bond acceptors (Lipinski definition) is 3. The lowest BCUT2D eigenvalue weighted by Gasteiger charge is -2.39. The maximum absolute atomic E-state index is 2.68. The van der Waals surface area contributed by atoms with Crippen molar-refractivity contribution in [2.45, 2.75) is 79.1 Å². The Morgan fingerprint density at radius 2 is 1.66 bits per heavy atom. The molecule has 32 heavy (non-hydrogen) atoms. The number of hydrogen-bond donors (Lipinski definition) is 0. The zero-order valence-corrected chi connectivity index (χ0v) is 21.3. The molecule has 2 fully saturated rings. The van der Waals surface area contributed by atoms with Crippen LogP contribution in [-0.4, -0.2) is 50.7 Å². The summed E-state index contributed by atoms with van der Waals surface area (Å²) < 4.78 is 0. The van der Waals surface area contributed by atoms with Gasteiger partial charge in [-0.2, -0.15) is 0 Å². The number of piperazine rings is 1. The van der Waals surface area contributed by atoms with Crippen LogP contribution in [0.5, 0.6) is 0 Å². The van der Waals surface area contributed by atoms with Crippen LogP contribution in [0.2, 0.25) is 0 Å². The highest BCUT2D eigenvalue weighted by Gasteiger charge is 2.28. The van der Waals surface area contributed by atoms with E-state index in [-0.39, 0.29) is 0 Å². The van der Waals surface area contributed by atoms with Gasteiger partial charge in [-0.3, -0.25) is 4.90 Å². The van der Waals surface area contributed by atoms with Crippen LogP contribution in [-0.2, 0) is 0 Å². The predicted octanol–water partition coefficient (Wildman–Crippen LogP) is 6.83. The van der Waals surface area contributed by atoms with E-state index >= 15 is 0 Å². The summed E-state index contributed by atoms with van der Waals surface area (Å²) in [6, 6.07) is 7.42. The van der Waals surface area contributed by atoms with Gasteiger partial charge in [-0.1, -0.05) is 40.2 Å². The zero-order chi connectivity index (χ0) is 22.6. The molecular formula is C29H47N3. The van der Waals surface area contributed by atoms with Gasteiger partial charge < -0.3 is 9.80 Å². The Labute approximate surface area is 197 Å². The maximum atomic E-state index is 2.68. The molecule has 4 rings (SSSR count). The van der Waals surface area contributed by atoms with Crippen LogP contribution >= 0.6 is 0 Å². The second kappa shape index (κ2) is 10.6. The average Bonchev–Trinajstić information content (AvgIpc) is 2.83. The summed E-state index contributed by atoms with van der Waals surface area (Å²) >= 11 is 0. The Balaban J connectivity index is 1.56. The maximum Gasteiger partial charge on any atom is 0.0444 e. The normalized spacial score (nSPS) is 23.4. The van der Waals surface area contributed by atoms with Crippen molar-refractivity contribution >= 4 is 16.9 Å². The van der Waals surface area contributed by atoms with E-state index in [2.05, 4.69) is 66.7 Å². The summed E-state index contributed by atoms with van der Waals surface area (Å²) in [6.45, 7) is 18.0. The Kier molecular flexibility index (Phi) is 7.87. The smallest absolute Gasteiger partial charge is 0.0444 e. The van der Waals surface area contributed by atoms with E-state index in [0.717, 1.165) is 19.0 Å². The molecule has 1 aromatic carbocycles. The molecule has 0 saturated carbocycles. The van der Waals surface area contributed by atoms with E-state index in [1.165, 1.54) is 101 Å². The summed E-state index contributed by atoms with van der Waals surface area (Å²) in [4.78, 5) is 7.96. The average molecular weight is 438 g/mol. The molecule has 1 aliphatic carbocycles. The standard InChI is InChI=1S/C29H47N3/c1-5-6-16-30-19-21-32(22-20-30)28-15-14-26(31-17-8-7-9-18-31)23-27(28)24-10-12-25(13-11-24)29(2,3)4/h10,14-15,23,25H,5-9,11-13,16-22H2,1-4H3. The van der Waals surface area contributed by atoms with Crippen molar-refractivity contribution in [2.75, 3.05) is 55.6 Å². The quantitative estimate of drug-likeness (QED) is 0.483. The van der Waals surface area contributed by atoms with Crippen LogP contribution in [0.15, 0.2) is 24.3 Å². The first-order chi connectivity index (χ1) is 15.5. The summed E-state index contributed by atoms with van der Waals surface area (Å²) in [5, 5.41) is 0. The number of anilines is 2. The van der Waals surface area contributed by atoms with Crippen molar-refractivity contribution in [3.8, 4) is 0 Å². The van der Waals surface area contributed by atoms with Gasteiger partial charge in [0.15, 0.2) is 0 Å². The second-order valence-electron chi connectivity index (χ2n) is 11.5. The summed E-state index contributed by atoms with van der Waals surface area (Å²) in [6.07, 6.45) is 13.1. The van der Waals surface area contributed by atoms with E-state index in [9.17, 15) is 0 Å². The van der Waals surface area contributed by atoms with Crippen molar-refractivity contribution in [2.24, 2.45) is 11.3 Å². The molecule has 178 valence electrons. The fourth-order valence-electron chi connectivity index (χ4n) is 5.87. The van der Waals surface area contributed by atoms with Crippen LogP contribution in [0.3, 0.4) is 0 Å². The third kappa shape index (κ3) is 5.71. The van der Waals surface area contributed by atoms with Crippen molar-refractivity contribution in [3.63, 3.8) is 0 Å². The molecule has 1 atom stereocenters. The topological polar surface area (TPSA) is 9.72 Å². The van der Waals surface area contributed by atoms with Gasteiger partial charge in [-0.15, -0.1) is 0 Å². The lowest BCUT2D eigenvalue weighted by molar-refractivity contribution is 0.225. The van der Waals surface area contributed by atoms with Crippen LogP contribution < -0.4 is 9.80 Å². The lowest BCUT2D eigenvalue weighted by Crippen LogP contribution is -2.46. The Morgan fingerprint density at radius 1 is 0.906 bits per heavy atom. The number of nitrogens with zero attached hydrogens (tertiary/aromatic N) is 3. The first-order valence-corrected chi connectivity index (χ1v) is 13.5. The molecule has 3 aliphatic rings. The van der Waals surface area contributed by atoms with Gasteiger partial charge in [0.1, 0.15) is 0 Å². The SMILES string of the molecule is CCCCN1CCN(c2ccc(N3CCCCC3)cc2C2=CCC(C(C)(C)C)CC2)CC1. The largest absolute Gasteiger partial charge is 0.372 e. The number of allylic oxidation sites excluding steroid dienone is 2. The Hall–Kier alpha value is -1.48. The zero-order valence-electron chi connectivity index (χ0n) is 21.3. The number of piperidine rings is 1. The van der Waals surface area contributed by atoms with E-state index in [0.29, 0.717) is 5.41 Å². The van der Waals surface area contributed by atoms with Gasteiger partial charge in [-0.05, 0) is 86.6 Å². The fourth-order valence-corrected chi connectivity index (χ4v) is 5.87. The second-order valence-corrected chi connectivity index (χ2v) is 11.5. The predicted molar refractivity (Wildman–Crippen MR) is 141 cm³/mol. The highest BCUT2D eigenvalue weighted by atomic mass is 15.3. The summed E-state index contributed by atoms with van der Waals surface area (Å²) in [5.74, 6) is 0.807. The molecule has 1 unspecified atom stereocenters. The molecule has 0 aromatic heterocycles. The van der Waals surface area contributed by atoms with Crippen molar-refractivity contribution < 1.29 is 0 Å². The van der Waals surface area contributed by atoms with E-state index in [1.54, 1.807) is 5.57 Å². The molecule has 3 heteroatoms. The van der Waals surface area contributed by atoms with Crippen LogP contribution in [0.4, 0.5) is 11.4 Å². The number of benzene rings is 1. The number of rotatable bonds is 6. The molecule has 2 heterocycles. The van der Waals surface area contributed by atoms with Crippen LogP contribution in [0, 0.1) is 11.3 Å². The molecule has 2 aliphatic heterocycles. The van der Waals surface area contributed by atoms with E-state index < -0.39 is 0 Å². The molecular weight excluding hydrogens is 390 g/mol. The van der Waals surface area contributed by atoms with Gasteiger partial charge >= 0.3 is 0 Å². The molecule has 1 aromatic rings. The van der Waals surface area contributed by atoms with Crippen molar-refractivity contribution in [3.05, 3.63) is 29.8 Å². The minimum absolute atomic E-state index is 0.412. The first kappa shape index (κ1) is 23.7. The minimum Gasteiger partial charge on any atom is -0.372 e. The third-order valence-corrected chi connectivity index (χ3v) is 8.22. The van der Waals surface area contributed by atoms with Gasteiger partial charge in [-0.25, -0.2) is 0 Å².